The molecule has 45 heavy (non-hydrogen) atoms. The van der Waals surface area contributed by atoms with Crippen molar-refractivity contribution in [1.29, 1.82) is 0 Å². The van der Waals surface area contributed by atoms with Crippen molar-refractivity contribution >= 4 is 52.7 Å². The van der Waals surface area contributed by atoms with Crippen LogP contribution in [0.15, 0.2) is 34.3 Å². The van der Waals surface area contributed by atoms with Gasteiger partial charge in [-0.15, -0.1) is 0 Å². The van der Waals surface area contributed by atoms with Gasteiger partial charge in [-0.05, 0) is 56.2 Å². The summed E-state index contributed by atoms with van der Waals surface area (Å²) in [5.74, 6) is -3.40. The molecule has 2 atom stereocenters. The first kappa shape index (κ1) is 35.0. The maximum atomic E-state index is 13.2. The molecular formula is C31H42N6O8. The number of aliphatic imine (C=N–C) groups is 2. The Morgan fingerprint density at radius 2 is 1.64 bits per heavy atom. The fourth-order valence-electron chi connectivity index (χ4n) is 5.66. The number of rotatable bonds is 13. The van der Waals surface area contributed by atoms with Crippen molar-refractivity contribution in [3.63, 3.8) is 0 Å². The van der Waals surface area contributed by atoms with E-state index in [2.05, 4.69) is 20.6 Å². The van der Waals surface area contributed by atoms with Crippen LogP contribution in [0, 0.1) is 11.8 Å². The first-order chi connectivity index (χ1) is 21.4. The minimum Gasteiger partial charge on any atom is -0.469 e. The maximum absolute atomic E-state index is 13.2. The van der Waals surface area contributed by atoms with E-state index >= 15 is 0 Å². The zero-order chi connectivity index (χ0) is 33.1. The maximum Gasteiger partial charge on any atom is 0.312 e. The Bertz CT molecular complexity index is 1330. The number of amides is 6. The highest BCUT2D eigenvalue weighted by molar-refractivity contribution is 6.49. The number of primary amides is 1. The van der Waals surface area contributed by atoms with Gasteiger partial charge in [-0.3, -0.25) is 24.0 Å². The lowest BCUT2D eigenvalue weighted by Gasteiger charge is -2.38. The predicted molar refractivity (Wildman–Crippen MR) is 165 cm³/mol. The van der Waals surface area contributed by atoms with Crippen LogP contribution in [-0.4, -0.2) is 82.8 Å². The van der Waals surface area contributed by atoms with E-state index in [9.17, 15) is 33.9 Å². The van der Waals surface area contributed by atoms with Gasteiger partial charge in [-0.25, -0.2) is 14.8 Å². The fraction of sp³-hybridized carbons (Fsp3) is 0.548. The molecule has 2 bridgehead atoms. The molecule has 0 radical (unpaired) electrons. The topological polar surface area (TPSA) is 210 Å². The quantitative estimate of drug-likeness (QED) is 0.144. The zero-order valence-electron chi connectivity index (χ0n) is 25.9. The van der Waals surface area contributed by atoms with Gasteiger partial charge in [-0.1, -0.05) is 26.0 Å². The van der Waals surface area contributed by atoms with Crippen LogP contribution in [0.4, 0.5) is 10.5 Å². The minimum absolute atomic E-state index is 0.00933. The average Bonchev–Trinajstić information content (AvgIpc) is 3.28. The SMILES string of the molecule is COC(=O)C1CC2CCC(C1)N2C(=O)CCC(=O)N=C(C(=O)N=C(CCCNC(N)=O)C(=O)Nc1ccc(CO)cc1)C(C)C. The van der Waals surface area contributed by atoms with Gasteiger partial charge in [0.05, 0.1) is 19.6 Å². The lowest BCUT2D eigenvalue weighted by Crippen LogP contribution is -2.48. The van der Waals surface area contributed by atoms with Gasteiger partial charge < -0.3 is 31.1 Å². The third-order valence-corrected chi connectivity index (χ3v) is 7.90. The van der Waals surface area contributed by atoms with Gasteiger partial charge >= 0.3 is 12.0 Å². The van der Waals surface area contributed by atoms with Crippen molar-refractivity contribution in [2.45, 2.75) is 83.9 Å². The van der Waals surface area contributed by atoms with Crippen molar-refractivity contribution in [2.75, 3.05) is 19.0 Å². The third-order valence-electron chi connectivity index (χ3n) is 7.90. The second-order valence-corrected chi connectivity index (χ2v) is 11.5. The van der Waals surface area contributed by atoms with E-state index in [4.69, 9.17) is 10.5 Å². The summed E-state index contributed by atoms with van der Waals surface area (Å²) in [6, 6.07) is 5.55. The van der Waals surface area contributed by atoms with Crippen molar-refractivity contribution in [3.05, 3.63) is 29.8 Å². The van der Waals surface area contributed by atoms with Gasteiger partial charge in [0.25, 0.3) is 11.8 Å². The van der Waals surface area contributed by atoms with Crippen LogP contribution >= 0.6 is 0 Å². The second-order valence-electron chi connectivity index (χ2n) is 11.5. The summed E-state index contributed by atoms with van der Waals surface area (Å²) < 4.78 is 4.88. The molecule has 2 heterocycles. The number of methoxy groups -OCH3 is 1. The van der Waals surface area contributed by atoms with E-state index in [1.54, 1.807) is 43.0 Å². The highest BCUT2D eigenvalue weighted by Gasteiger charge is 2.45. The van der Waals surface area contributed by atoms with Crippen LogP contribution in [0.25, 0.3) is 0 Å². The fourth-order valence-corrected chi connectivity index (χ4v) is 5.66. The molecule has 1 aromatic rings. The van der Waals surface area contributed by atoms with Gasteiger partial charge in [0.1, 0.15) is 11.4 Å². The summed E-state index contributed by atoms with van der Waals surface area (Å²) in [7, 11) is 1.36. The molecule has 2 aliphatic rings. The van der Waals surface area contributed by atoms with Gasteiger partial charge in [0, 0.05) is 43.1 Å². The molecule has 14 heteroatoms. The van der Waals surface area contributed by atoms with Crippen LogP contribution in [0.5, 0.6) is 0 Å². The number of hydrogen-bond acceptors (Lipinski definition) is 8. The number of piperidine rings is 1. The molecule has 2 fully saturated rings. The Morgan fingerprint density at radius 1 is 1.00 bits per heavy atom. The molecule has 0 saturated carbocycles. The lowest BCUT2D eigenvalue weighted by atomic mass is 9.90. The van der Waals surface area contributed by atoms with E-state index in [1.165, 1.54) is 7.11 Å². The van der Waals surface area contributed by atoms with E-state index in [0.717, 1.165) is 12.8 Å². The van der Waals surface area contributed by atoms with E-state index < -0.39 is 29.7 Å². The number of nitrogens with two attached hydrogens (primary N) is 1. The van der Waals surface area contributed by atoms with Crippen LogP contribution < -0.4 is 16.4 Å². The number of carbonyl (C=O) groups is 6. The Kier molecular flexibility index (Phi) is 12.9. The number of anilines is 1. The lowest BCUT2D eigenvalue weighted by molar-refractivity contribution is -0.151. The van der Waals surface area contributed by atoms with Crippen LogP contribution in [0.3, 0.4) is 0 Å². The van der Waals surface area contributed by atoms with Crippen molar-refractivity contribution in [2.24, 2.45) is 27.6 Å². The molecular weight excluding hydrogens is 584 g/mol. The van der Waals surface area contributed by atoms with E-state index in [1.807, 2.05) is 0 Å². The summed E-state index contributed by atoms with van der Waals surface area (Å²) in [6.07, 6.45) is 2.62. The number of hydrogen-bond donors (Lipinski definition) is 4. The third kappa shape index (κ3) is 10.0. The number of esters is 1. The number of nitrogens with zero attached hydrogens (tertiary/aromatic N) is 3. The Balaban J connectivity index is 1.68. The number of fused-ring (bicyclic) bond motifs is 2. The summed E-state index contributed by atoms with van der Waals surface area (Å²) in [5, 5.41) is 14.3. The molecule has 0 aromatic heterocycles. The van der Waals surface area contributed by atoms with Crippen molar-refractivity contribution in [3.8, 4) is 0 Å². The number of nitrogens with one attached hydrogen (secondary N) is 2. The molecule has 5 N–H and O–H groups in total. The highest BCUT2D eigenvalue weighted by Crippen LogP contribution is 2.39. The highest BCUT2D eigenvalue weighted by atomic mass is 16.5. The molecule has 244 valence electrons. The average molecular weight is 627 g/mol. The summed E-state index contributed by atoms with van der Waals surface area (Å²) in [5.41, 5.74) is 5.86. The second kappa shape index (κ2) is 16.6. The predicted octanol–water partition coefficient (Wildman–Crippen LogP) is 1.88. The summed E-state index contributed by atoms with van der Waals surface area (Å²) >= 11 is 0. The van der Waals surface area contributed by atoms with Crippen LogP contribution in [0.1, 0.15) is 70.8 Å². The molecule has 0 spiro atoms. The normalized spacial score (nSPS) is 19.7. The van der Waals surface area contributed by atoms with E-state index in [0.29, 0.717) is 24.1 Å². The molecule has 2 aliphatic heterocycles. The van der Waals surface area contributed by atoms with Crippen molar-refractivity contribution in [1.82, 2.24) is 10.2 Å². The molecule has 0 aliphatic carbocycles. The van der Waals surface area contributed by atoms with E-state index in [-0.39, 0.29) is 80.1 Å². The number of aliphatic hydroxyl groups excluding tert-OH is 1. The van der Waals surface area contributed by atoms with Crippen LogP contribution in [0.2, 0.25) is 0 Å². The van der Waals surface area contributed by atoms with Gasteiger partial charge in [0.15, 0.2) is 0 Å². The minimum atomic E-state index is -0.865. The number of urea groups is 1. The number of aliphatic hydroxyl groups is 1. The molecule has 2 unspecified atom stereocenters. The summed E-state index contributed by atoms with van der Waals surface area (Å²) in [6.45, 7) is 3.30. The standard InChI is InChI=1S/C31H42N6O8/c1-18(2)27(36-25(39)12-13-26(40)37-22-10-11-23(37)16-20(15-22)30(43)45-3)29(42)35-24(5-4-14-33-31(32)44)28(41)34-21-8-6-19(17-38)7-9-21/h6-9,18,20,22-23,38H,4-5,10-17H2,1-3H3,(H,34,41)(H3,32,33,44). The Hall–Kier alpha value is -4.46. The zero-order valence-corrected chi connectivity index (χ0v) is 25.9. The smallest absolute Gasteiger partial charge is 0.312 e. The first-order valence-corrected chi connectivity index (χ1v) is 15.1. The molecule has 3 rings (SSSR count). The van der Waals surface area contributed by atoms with Crippen molar-refractivity contribution < 1.29 is 38.6 Å². The Morgan fingerprint density at radius 3 is 2.20 bits per heavy atom. The molecule has 6 amide bonds. The molecule has 2 saturated heterocycles. The summed E-state index contributed by atoms with van der Waals surface area (Å²) in [4.78, 5) is 85.0. The number of ether oxygens (including phenoxy) is 1. The van der Waals surface area contributed by atoms with Gasteiger partial charge in [0.2, 0.25) is 11.8 Å². The first-order valence-electron chi connectivity index (χ1n) is 15.1. The van der Waals surface area contributed by atoms with Crippen LogP contribution in [-0.2, 0) is 35.3 Å². The molecule has 14 nitrogen and oxygen atoms in total. The molecule has 1 aromatic carbocycles. The number of benzene rings is 1. The largest absolute Gasteiger partial charge is 0.469 e. The van der Waals surface area contributed by atoms with Gasteiger partial charge in [-0.2, -0.15) is 0 Å². The number of carbonyl (C=O) groups excluding carboxylic acids is 6. The monoisotopic (exact) mass is 626 g/mol. The Labute approximate surface area is 261 Å².